The molecule has 1 aliphatic rings. The van der Waals surface area contributed by atoms with E-state index in [2.05, 4.69) is 10.3 Å². The summed E-state index contributed by atoms with van der Waals surface area (Å²) in [5.74, 6) is 0. The topological polar surface area (TPSA) is 80.5 Å². The van der Waals surface area contributed by atoms with Gasteiger partial charge in [0.15, 0.2) is 5.11 Å². The van der Waals surface area contributed by atoms with Crippen LogP contribution in [0.15, 0.2) is 48.8 Å². The Hall–Kier alpha value is -2.67. The van der Waals surface area contributed by atoms with Gasteiger partial charge in [-0.15, -0.1) is 0 Å². The molecule has 0 saturated carbocycles. The standard InChI is InChI=1S/C16H16N4O2S/c17-15(23)19-9-14-10-20(16(21)22-14)13-3-1-11(2-4-13)12-5-7-18-8-6-12/h1-8,14H,9-10H2,(H3,17,19,23)/t14-/m0/s1. The third-order valence-electron chi connectivity index (χ3n) is 3.57. The monoisotopic (exact) mass is 328 g/mol. The molecule has 23 heavy (non-hydrogen) atoms. The van der Waals surface area contributed by atoms with Gasteiger partial charge in [-0.05, 0) is 47.6 Å². The number of amides is 1. The first-order valence-corrected chi connectivity index (χ1v) is 7.56. The summed E-state index contributed by atoms with van der Waals surface area (Å²) in [5, 5.41) is 3.01. The number of nitrogens with one attached hydrogen (secondary N) is 1. The van der Waals surface area contributed by atoms with Crippen molar-refractivity contribution >= 4 is 29.1 Å². The minimum absolute atomic E-state index is 0.196. The smallest absolute Gasteiger partial charge is 0.414 e. The van der Waals surface area contributed by atoms with Crippen LogP contribution < -0.4 is 16.0 Å². The molecule has 0 radical (unpaired) electrons. The number of hydrogen-bond donors (Lipinski definition) is 2. The zero-order chi connectivity index (χ0) is 16.2. The van der Waals surface area contributed by atoms with Gasteiger partial charge < -0.3 is 15.8 Å². The second-order valence-electron chi connectivity index (χ2n) is 5.14. The number of aromatic nitrogens is 1. The Morgan fingerprint density at radius 3 is 2.57 bits per heavy atom. The highest BCUT2D eigenvalue weighted by Gasteiger charge is 2.32. The van der Waals surface area contributed by atoms with E-state index in [1.807, 2.05) is 36.4 Å². The maximum absolute atomic E-state index is 12.0. The van der Waals surface area contributed by atoms with Crippen molar-refractivity contribution in [2.24, 2.45) is 5.73 Å². The SMILES string of the molecule is NC(=S)NC[C@H]1CN(c2ccc(-c3ccncc3)cc2)C(=O)O1. The molecule has 1 fully saturated rings. The van der Waals surface area contributed by atoms with Crippen LogP contribution in [0.2, 0.25) is 0 Å². The van der Waals surface area contributed by atoms with E-state index in [4.69, 9.17) is 22.7 Å². The van der Waals surface area contributed by atoms with Gasteiger partial charge in [-0.25, -0.2) is 4.79 Å². The van der Waals surface area contributed by atoms with Crippen LogP contribution in [-0.2, 0) is 4.74 Å². The van der Waals surface area contributed by atoms with Crippen LogP contribution in [0.1, 0.15) is 0 Å². The number of cyclic esters (lactones) is 1. The molecule has 3 rings (SSSR count). The van der Waals surface area contributed by atoms with Crippen LogP contribution in [0.4, 0.5) is 10.5 Å². The lowest BCUT2D eigenvalue weighted by molar-refractivity contribution is 0.143. The molecular weight excluding hydrogens is 312 g/mol. The highest BCUT2D eigenvalue weighted by atomic mass is 32.1. The van der Waals surface area contributed by atoms with Gasteiger partial charge in [-0.2, -0.15) is 0 Å². The van der Waals surface area contributed by atoms with Gasteiger partial charge in [0.05, 0.1) is 13.1 Å². The normalized spacial score (nSPS) is 17.0. The predicted octanol–water partition coefficient (Wildman–Crippen LogP) is 1.91. The summed E-state index contributed by atoms with van der Waals surface area (Å²) in [6.07, 6.45) is 2.86. The summed E-state index contributed by atoms with van der Waals surface area (Å²) in [6, 6.07) is 11.6. The molecule has 1 aliphatic heterocycles. The van der Waals surface area contributed by atoms with Crippen LogP contribution in [0, 0.1) is 0 Å². The van der Waals surface area contributed by atoms with Gasteiger partial charge in [0.2, 0.25) is 0 Å². The van der Waals surface area contributed by atoms with E-state index in [1.165, 1.54) is 0 Å². The Labute approximate surface area is 139 Å². The Balaban J connectivity index is 1.70. The molecule has 0 aliphatic carbocycles. The lowest BCUT2D eigenvalue weighted by Crippen LogP contribution is -2.37. The lowest BCUT2D eigenvalue weighted by Gasteiger charge is -2.14. The third-order valence-corrected chi connectivity index (χ3v) is 3.72. The first-order chi connectivity index (χ1) is 11.1. The molecule has 0 bridgehead atoms. The number of ether oxygens (including phenoxy) is 1. The average molecular weight is 328 g/mol. The Morgan fingerprint density at radius 2 is 1.91 bits per heavy atom. The second-order valence-corrected chi connectivity index (χ2v) is 5.58. The maximum Gasteiger partial charge on any atom is 0.414 e. The number of thiocarbonyl (C=S) groups is 1. The fraction of sp³-hybridized carbons (Fsp3) is 0.188. The summed E-state index contributed by atoms with van der Waals surface area (Å²) in [7, 11) is 0. The average Bonchev–Trinajstić information content (AvgIpc) is 2.95. The number of anilines is 1. The van der Waals surface area contributed by atoms with E-state index in [-0.39, 0.29) is 17.3 Å². The molecule has 1 aromatic heterocycles. The molecule has 1 amide bonds. The molecule has 2 aromatic rings. The summed E-state index contributed by atoms with van der Waals surface area (Å²) in [4.78, 5) is 17.6. The van der Waals surface area contributed by atoms with Crippen molar-refractivity contribution in [2.45, 2.75) is 6.10 Å². The molecule has 2 heterocycles. The van der Waals surface area contributed by atoms with Gasteiger partial charge >= 0.3 is 6.09 Å². The first-order valence-electron chi connectivity index (χ1n) is 7.15. The second kappa shape index (κ2) is 6.62. The van der Waals surface area contributed by atoms with Gasteiger partial charge in [0.25, 0.3) is 0 Å². The van der Waals surface area contributed by atoms with Crippen molar-refractivity contribution in [3.8, 4) is 11.1 Å². The lowest BCUT2D eigenvalue weighted by atomic mass is 10.1. The van der Waals surface area contributed by atoms with Crippen molar-refractivity contribution in [3.63, 3.8) is 0 Å². The molecule has 118 valence electrons. The highest BCUT2D eigenvalue weighted by molar-refractivity contribution is 7.80. The molecule has 7 heteroatoms. The van der Waals surface area contributed by atoms with E-state index in [0.29, 0.717) is 13.1 Å². The minimum atomic E-state index is -0.364. The Morgan fingerprint density at radius 1 is 1.26 bits per heavy atom. The minimum Gasteiger partial charge on any atom is -0.442 e. The third kappa shape index (κ3) is 3.57. The van der Waals surface area contributed by atoms with Crippen LogP contribution in [0.3, 0.4) is 0 Å². The van der Waals surface area contributed by atoms with Crippen molar-refractivity contribution in [3.05, 3.63) is 48.8 Å². The van der Waals surface area contributed by atoms with E-state index in [1.54, 1.807) is 17.3 Å². The van der Waals surface area contributed by atoms with Crippen LogP contribution in [0.25, 0.3) is 11.1 Å². The Kier molecular flexibility index (Phi) is 4.38. The quantitative estimate of drug-likeness (QED) is 0.835. The van der Waals surface area contributed by atoms with Crippen molar-refractivity contribution in [2.75, 3.05) is 18.0 Å². The van der Waals surface area contributed by atoms with Crippen LogP contribution >= 0.6 is 12.2 Å². The van der Waals surface area contributed by atoms with E-state index < -0.39 is 0 Å². The summed E-state index contributed by atoms with van der Waals surface area (Å²) in [5.41, 5.74) is 8.32. The largest absolute Gasteiger partial charge is 0.442 e. The van der Waals surface area contributed by atoms with Gasteiger partial charge in [0, 0.05) is 18.1 Å². The van der Waals surface area contributed by atoms with Gasteiger partial charge in [-0.1, -0.05) is 12.1 Å². The van der Waals surface area contributed by atoms with Crippen molar-refractivity contribution < 1.29 is 9.53 Å². The fourth-order valence-electron chi connectivity index (χ4n) is 2.43. The number of hydrogen-bond acceptors (Lipinski definition) is 4. The molecule has 1 saturated heterocycles. The molecule has 0 spiro atoms. The highest BCUT2D eigenvalue weighted by Crippen LogP contribution is 2.25. The number of carbonyl (C=O) groups is 1. The number of nitrogens with zero attached hydrogens (tertiary/aromatic N) is 2. The first kappa shape index (κ1) is 15.2. The summed E-state index contributed by atoms with van der Waals surface area (Å²) >= 11 is 4.75. The van der Waals surface area contributed by atoms with E-state index in [0.717, 1.165) is 16.8 Å². The molecule has 6 nitrogen and oxygen atoms in total. The van der Waals surface area contributed by atoms with Crippen LogP contribution in [0.5, 0.6) is 0 Å². The molecule has 1 atom stereocenters. The Bertz CT molecular complexity index is 706. The van der Waals surface area contributed by atoms with Crippen LogP contribution in [-0.4, -0.2) is 35.4 Å². The summed E-state index contributed by atoms with van der Waals surface area (Å²) < 4.78 is 5.29. The maximum atomic E-state index is 12.0. The predicted molar refractivity (Wildman–Crippen MR) is 92.1 cm³/mol. The number of pyridine rings is 1. The zero-order valence-corrected chi connectivity index (χ0v) is 13.1. The molecule has 0 unspecified atom stereocenters. The molecular formula is C16H16N4O2S. The number of nitrogens with two attached hydrogens (primary N) is 1. The van der Waals surface area contributed by atoms with E-state index in [9.17, 15) is 4.79 Å². The number of rotatable bonds is 4. The van der Waals surface area contributed by atoms with Crippen molar-refractivity contribution in [1.29, 1.82) is 0 Å². The number of carbonyl (C=O) groups excluding carboxylic acids is 1. The van der Waals surface area contributed by atoms with E-state index >= 15 is 0 Å². The molecule has 1 aromatic carbocycles. The molecule has 3 N–H and O–H groups in total. The zero-order valence-electron chi connectivity index (χ0n) is 12.3. The number of benzene rings is 1. The fourth-order valence-corrected chi connectivity index (χ4v) is 2.51. The van der Waals surface area contributed by atoms with Gasteiger partial charge in [-0.3, -0.25) is 9.88 Å². The summed E-state index contributed by atoms with van der Waals surface area (Å²) in [6.45, 7) is 0.871. The van der Waals surface area contributed by atoms with Gasteiger partial charge in [0.1, 0.15) is 6.10 Å². The van der Waals surface area contributed by atoms with Crippen molar-refractivity contribution in [1.82, 2.24) is 10.3 Å².